The minimum Gasteiger partial charge on any atom is -0.465 e. The predicted octanol–water partition coefficient (Wildman–Crippen LogP) is 0.642. The van der Waals surface area contributed by atoms with Crippen LogP contribution in [0.25, 0.3) is 0 Å². The Hall–Kier alpha value is -0.770. The first kappa shape index (κ1) is 9.32. The number of nitrogens with one attached hydrogen (secondary N) is 2. The summed E-state index contributed by atoms with van der Waals surface area (Å²) in [7, 11) is 0. The van der Waals surface area contributed by atoms with Gasteiger partial charge in [-0.25, -0.2) is 4.79 Å². The van der Waals surface area contributed by atoms with Crippen molar-refractivity contribution in [1.82, 2.24) is 10.6 Å². The van der Waals surface area contributed by atoms with Crippen LogP contribution in [0.3, 0.4) is 0 Å². The van der Waals surface area contributed by atoms with Gasteiger partial charge in [-0.15, -0.1) is 0 Å². The molecule has 0 aliphatic carbocycles. The summed E-state index contributed by atoms with van der Waals surface area (Å²) in [6.45, 7) is 3.96. The summed E-state index contributed by atoms with van der Waals surface area (Å²) < 4.78 is 0. The molecule has 4 heteroatoms. The molecule has 0 aromatic carbocycles. The Balaban J connectivity index is 2.29. The van der Waals surface area contributed by atoms with Gasteiger partial charge >= 0.3 is 6.09 Å². The molecule has 1 unspecified atom stereocenters. The standard InChI is InChI=1S/C8H16N2O2/c1-6(10-8(11)12)7-2-4-9-5-3-7/h6-7,9-10H,2-5H2,1H3,(H,11,12). The third kappa shape index (κ3) is 2.70. The van der Waals surface area contributed by atoms with Crippen LogP contribution >= 0.6 is 0 Å². The molecule has 1 aliphatic heterocycles. The summed E-state index contributed by atoms with van der Waals surface area (Å²) in [5, 5.41) is 14.2. The van der Waals surface area contributed by atoms with E-state index in [4.69, 9.17) is 5.11 Å². The van der Waals surface area contributed by atoms with Crippen molar-refractivity contribution in [2.75, 3.05) is 13.1 Å². The highest BCUT2D eigenvalue weighted by Crippen LogP contribution is 2.15. The van der Waals surface area contributed by atoms with Gasteiger partial charge in [-0.1, -0.05) is 0 Å². The van der Waals surface area contributed by atoms with E-state index in [0.717, 1.165) is 25.9 Å². The van der Waals surface area contributed by atoms with Crippen molar-refractivity contribution in [2.24, 2.45) is 5.92 Å². The molecule has 0 radical (unpaired) electrons. The molecule has 3 N–H and O–H groups in total. The topological polar surface area (TPSA) is 61.4 Å². The fourth-order valence-corrected chi connectivity index (χ4v) is 1.66. The molecule has 1 saturated heterocycles. The third-order valence-electron chi connectivity index (χ3n) is 2.44. The molecule has 1 rings (SSSR count). The van der Waals surface area contributed by atoms with Gasteiger partial charge < -0.3 is 15.7 Å². The molecule has 1 aliphatic rings. The van der Waals surface area contributed by atoms with E-state index in [-0.39, 0.29) is 6.04 Å². The van der Waals surface area contributed by atoms with Crippen LogP contribution in [0.4, 0.5) is 4.79 Å². The number of hydrogen-bond donors (Lipinski definition) is 3. The van der Waals surface area contributed by atoms with Crippen LogP contribution in [0.2, 0.25) is 0 Å². The molecule has 0 aromatic rings. The van der Waals surface area contributed by atoms with Gasteiger partial charge in [-0.05, 0) is 38.8 Å². The van der Waals surface area contributed by atoms with E-state index in [1.807, 2.05) is 6.92 Å². The number of rotatable bonds is 2. The highest BCUT2D eigenvalue weighted by atomic mass is 16.4. The third-order valence-corrected chi connectivity index (χ3v) is 2.44. The molecule has 0 spiro atoms. The number of hydrogen-bond acceptors (Lipinski definition) is 2. The molecule has 4 nitrogen and oxygen atoms in total. The van der Waals surface area contributed by atoms with Gasteiger partial charge in [0.05, 0.1) is 0 Å². The van der Waals surface area contributed by atoms with E-state index in [2.05, 4.69) is 10.6 Å². The number of carbonyl (C=O) groups is 1. The van der Waals surface area contributed by atoms with Crippen molar-refractivity contribution < 1.29 is 9.90 Å². The Morgan fingerprint density at radius 3 is 2.67 bits per heavy atom. The van der Waals surface area contributed by atoms with Gasteiger partial charge in [0, 0.05) is 6.04 Å². The normalized spacial score (nSPS) is 21.8. The zero-order valence-electron chi connectivity index (χ0n) is 7.34. The van der Waals surface area contributed by atoms with Crippen LogP contribution in [0.1, 0.15) is 19.8 Å². The molecule has 0 aromatic heterocycles. The van der Waals surface area contributed by atoms with Crippen LogP contribution in [0.5, 0.6) is 0 Å². The fourth-order valence-electron chi connectivity index (χ4n) is 1.66. The van der Waals surface area contributed by atoms with Gasteiger partial charge in [0.25, 0.3) is 0 Å². The predicted molar refractivity (Wildman–Crippen MR) is 46.2 cm³/mol. The summed E-state index contributed by atoms with van der Waals surface area (Å²) in [5.41, 5.74) is 0. The minimum absolute atomic E-state index is 0.0876. The van der Waals surface area contributed by atoms with E-state index in [1.165, 1.54) is 0 Å². The lowest BCUT2D eigenvalue weighted by Crippen LogP contribution is -2.42. The van der Waals surface area contributed by atoms with Crippen LogP contribution in [-0.4, -0.2) is 30.3 Å². The lowest BCUT2D eigenvalue weighted by molar-refractivity contribution is 0.182. The van der Waals surface area contributed by atoms with Gasteiger partial charge in [-0.2, -0.15) is 0 Å². The van der Waals surface area contributed by atoms with Crippen LogP contribution in [0.15, 0.2) is 0 Å². The van der Waals surface area contributed by atoms with Crippen molar-refractivity contribution in [3.8, 4) is 0 Å². The van der Waals surface area contributed by atoms with Gasteiger partial charge in [0.1, 0.15) is 0 Å². The molecule has 0 saturated carbocycles. The summed E-state index contributed by atoms with van der Waals surface area (Å²) in [4.78, 5) is 10.3. The summed E-state index contributed by atoms with van der Waals surface area (Å²) in [6, 6.07) is 0.0876. The van der Waals surface area contributed by atoms with E-state index in [0.29, 0.717) is 5.92 Å². The number of amides is 1. The molecular formula is C8H16N2O2. The van der Waals surface area contributed by atoms with E-state index in [1.54, 1.807) is 0 Å². The Bertz CT molecular complexity index is 155. The summed E-state index contributed by atoms with van der Waals surface area (Å²) in [6.07, 6.45) is 1.23. The maximum absolute atomic E-state index is 10.3. The Morgan fingerprint density at radius 1 is 1.58 bits per heavy atom. The molecule has 1 amide bonds. The highest BCUT2D eigenvalue weighted by Gasteiger charge is 2.20. The maximum atomic E-state index is 10.3. The van der Waals surface area contributed by atoms with Crippen molar-refractivity contribution in [1.29, 1.82) is 0 Å². The van der Waals surface area contributed by atoms with Gasteiger partial charge in [0.15, 0.2) is 0 Å². The first-order valence-electron chi connectivity index (χ1n) is 4.40. The van der Waals surface area contributed by atoms with Crippen LogP contribution < -0.4 is 10.6 Å². The van der Waals surface area contributed by atoms with Crippen LogP contribution in [-0.2, 0) is 0 Å². The van der Waals surface area contributed by atoms with E-state index < -0.39 is 6.09 Å². The van der Waals surface area contributed by atoms with Gasteiger partial charge in [0.2, 0.25) is 0 Å². The Labute approximate surface area is 72.3 Å². The minimum atomic E-state index is -0.916. The summed E-state index contributed by atoms with van der Waals surface area (Å²) >= 11 is 0. The average Bonchev–Trinajstić information content (AvgIpc) is 2.05. The largest absolute Gasteiger partial charge is 0.465 e. The molecule has 1 atom stereocenters. The van der Waals surface area contributed by atoms with Crippen molar-refractivity contribution >= 4 is 6.09 Å². The highest BCUT2D eigenvalue weighted by molar-refractivity contribution is 5.64. The number of piperidine rings is 1. The van der Waals surface area contributed by atoms with Crippen LogP contribution in [0, 0.1) is 5.92 Å². The average molecular weight is 172 g/mol. The molecule has 0 bridgehead atoms. The second-order valence-corrected chi connectivity index (χ2v) is 3.33. The maximum Gasteiger partial charge on any atom is 0.404 e. The second kappa shape index (κ2) is 4.30. The molecule has 1 heterocycles. The summed E-state index contributed by atoms with van der Waals surface area (Å²) in [5.74, 6) is 0.502. The molecular weight excluding hydrogens is 156 g/mol. The van der Waals surface area contributed by atoms with E-state index in [9.17, 15) is 4.79 Å². The first-order valence-corrected chi connectivity index (χ1v) is 4.40. The van der Waals surface area contributed by atoms with Gasteiger partial charge in [-0.3, -0.25) is 0 Å². The lowest BCUT2D eigenvalue weighted by atomic mass is 9.91. The molecule has 70 valence electrons. The number of carboxylic acid groups (broad SMARTS) is 1. The fraction of sp³-hybridized carbons (Fsp3) is 0.875. The molecule has 12 heavy (non-hydrogen) atoms. The van der Waals surface area contributed by atoms with E-state index >= 15 is 0 Å². The zero-order valence-corrected chi connectivity index (χ0v) is 7.34. The Morgan fingerprint density at radius 2 is 2.17 bits per heavy atom. The monoisotopic (exact) mass is 172 g/mol. The van der Waals surface area contributed by atoms with Crippen molar-refractivity contribution in [3.05, 3.63) is 0 Å². The zero-order chi connectivity index (χ0) is 8.97. The molecule has 1 fully saturated rings. The van der Waals surface area contributed by atoms with Crippen molar-refractivity contribution in [2.45, 2.75) is 25.8 Å². The Kier molecular flexibility index (Phi) is 3.34. The smallest absolute Gasteiger partial charge is 0.404 e. The quantitative estimate of drug-likeness (QED) is 0.573. The first-order chi connectivity index (χ1) is 5.70. The lowest BCUT2D eigenvalue weighted by Gasteiger charge is -2.27. The SMILES string of the molecule is CC(NC(=O)O)C1CCNCC1. The second-order valence-electron chi connectivity index (χ2n) is 3.33. The van der Waals surface area contributed by atoms with Crippen molar-refractivity contribution in [3.63, 3.8) is 0 Å².